The number of aliphatic carboxylic acids is 1. The summed E-state index contributed by atoms with van der Waals surface area (Å²) in [7, 11) is 0. The predicted octanol–water partition coefficient (Wildman–Crippen LogP) is 1.13. The van der Waals surface area contributed by atoms with Gasteiger partial charge in [-0.05, 0) is 24.5 Å². The lowest BCUT2D eigenvalue weighted by Crippen LogP contribution is -2.18. The zero-order valence-electron chi connectivity index (χ0n) is 6.00. The molecule has 2 rings (SSSR count). The van der Waals surface area contributed by atoms with Crippen LogP contribution < -0.4 is 0 Å². The Morgan fingerprint density at radius 3 is 2.73 bits per heavy atom. The first-order valence-corrected chi connectivity index (χ1v) is 3.62. The molecule has 0 amide bonds. The molecule has 0 aromatic carbocycles. The molecule has 0 aliphatic heterocycles. The van der Waals surface area contributed by atoms with E-state index in [1.807, 2.05) is 6.07 Å². The number of carboxylic acids is 1. The van der Waals surface area contributed by atoms with E-state index in [0.29, 0.717) is 0 Å². The SMILES string of the molecule is O=C(O)C1(c2cc[nH]c2)CC1. The normalized spacial score (nSPS) is 19.6. The zero-order valence-corrected chi connectivity index (χ0v) is 6.00. The Morgan fingerprint density at radius 2 is 2.36 bits per heavy atom. The molecular weight excluding hydrogens is 142 g/mol. The molecule has 2 N–H and O–H groups in total. The molecule has 0 unspecified atom stereocenters. The molecule has 3 heteroatoms. The summed E-state index contributed by atoms with van der Waals surface area (Å²) in [4.78, 5) is 13.6. The van der Waals surface area contributed by atoms with Crippen molar-refractivity contribution in [1.82, 2.24) is 4.98 Å². The van der Waals surface area contributed by atoms with E-state index in [-0.39, 0.29) is 0 Å². The van der Waals surface area contributed by atoms with Crippen LogP contribution in [0.4, 0.5) is 0 Å². The van der Waals surface area contributed by atoms with Crippen molar-refractivity contribution in [3.05, 3.63) is 24.0 Å². The monoisotopic (exact) mass is 151 g/mol. The molecule has 1 heterocycles. The van der Waals surface area contributed by atoms with E-state index in [4.69, 9.17) is 5.11 Å². The van der Waals surface area contributed by atoms with E-state index in [1.54, 1.807) is 12.4 Å². The summed E-state index contributed by atoms with van der Waals surface area (Å²) in [5.74, 6) is -0.697. The topological polar surface area (TPSA) is 53.1 Å². The minimum atomic E-state index is -0.697. The summed E-state index contributed by atoms with van der Waals surface area (Å²) in [5.41, 5.74) is 0.366. The summed E-state index contributed by atoms with van der Waals surface area (Å²) in [5, 5.41) is 8.86. The minimum absolute atomic E-state index is 0.542. The van der Waals surface area contributed by atoms with Gasteiger partial charge in [0.15, 0.2) is 0 Å². The molecule has 0 saturated heterocycles. The van der Waals surface area contributed by atoms with Crippen molar-refractivity contribution in [2.75, 3.05) is 0 Å². The highest BCUT2D eigenvalue weighted by Gasteiger charge is 2.51. The van der Waals surface area contributed by atoms with E-state index >= 15 is 0 Å². The molecule has 1 aromatic heterocycles. The van der Waals surface area contributed by atoms with Gasteiger partial charge in [-0.15, -0.1) is 0 Å². The fourth-order valence-electron chi connectivity index (χ4n) is 1.37. The fourth-order valence-corrected chi connectivity index (χ4v) is 1.37. The van der Waals surface area contributed by atoms with Gasteiger partial charge in [0, 0.05) is 12.4 Å². The molecule has 0 spiro atoms. The van der Waals surface area contributed by atoms with E-state index < -0.39 is 11.4 Å². The van der Waals surface area contributed by atoms with Gasteiger partial charge in [-0.3, -0.25) is 4.79 Å². The van der Waals surface area contributed by atoms with E-state index in [9.17, 15) is 4.79 Å². The summed E-state index contributed by atoms with van der Waals surface area (Å²) in [6.45, 7) is 0. The molecule has 1 aliphatic carbocycles. The van der Waals surface area contributed by atoms with Crippen molar-refractivity contribution in [2.45, 2.75) is 18.3 Å². The molecule has 0 radical (unpaired) electrons. The molecule has 11 heavy (non-hydrogen) atoms. The van der Waals surface area contributed by atoms with Crippen LogP contribution in [0.2, 0.25) is 0 Å². The van der Waals surface area contributed by atoms with Crippen molar-refractivity contribution >= 4 is 5.97 Å². The van der Waals surface area contributed by atoms with Crippen LogP contribution in [0.5, 0.6) is 0 Å². The van der Waals surface area contributed by atoms with Crippen molar-refractivity contribution in [3.63, 3.8) is 0 Å². The van der Waals surface area contributed by atoms with Crippen LogP contribution in [0.3, 0.4) is 0 Å². The van der Waals surface area contributed by atoms with Gasteiger partial charge in [0.25, 0.3) is 0 Å². The number of hydrogen-bond donors (Lipinski definition) is 2. The molecule has 1 fully saturated rings. The van der Waals surface area contributed by atoms with Gasteiger partial charge in [0.1, 0.15) is 0 Å². The predicted molar refractivity (Wildman–Crippen MR) is 39.3 cm³/mol. The summed E-state index contributed by atoms with van der Waals surface area (Å²) >= 11 is 0. The first kappa shape index (κ1) is 6.46. The standard InChI is InChI=1S/C8H9NO2/c10-7(11)8(2-3-8)6-1-4-9-5-6/h1,4-5,9H,2-3H2,(H,10,11). The Morgan fingerprint density at radius 1 is 1.64 bits per heavy atom. The lowest BCUT2D eigenvalue weighted by Gasteiger charge is -2.04. The second kappa shape index (κ2) is 1.87. The van der Waals surface area contributed by atoms with Crippen LogP contribution in [0.25, 0.3) is 0 Å². The highest BCUT2D eigenvalue weighted by Crippen LogP contribution is 2.48. The smallest absolute Gasteiger partial charge is 0.314 e. The number of hydrogen-bond acceptors (Lipinski definition) is 1. The Kier molecular flexibility index (Phi) is 1.10. The zero-order chi connectivity index (χ0) is 7.90. The number of carboxylic acid groups (broad SMARTS) is 1. The van der Waals surface area contributed by atoms with Crippen LogP contribution in [0.1, 0.15) is 18.4 Å². The van der Waals surface area contributed by atoms with Crippen molar-refractivity contribution in [3.8, 4) is 0 Å². The number of aromatic amines is 1. The third-order valence-electron chi connectivity index (χ3n) is 2.31. The molecule has 0 bridgehead atoms. The number of carbonyl (C=O) groups is 1. The number of H-pyrrole nitrogens is 1. The van der Waals surface area contributed by atoms with E-state index in [2.05, 4.69) is 4.98 Å². The third-order valence-corrected chi connectivity index (χ3v) is 2.31. The molecule has 3 nitrogen and oxygen atoms in total. The summed E-state index contributed by atoms with van der Waals surface area (Å²) in [6, 6.07) is 1.83. The highest BCUT2D eigenvalue weighted by molar-refractivity contribution is 5.84. The first-order valence-electron chi connectivity index (χ1n) is 3.62. The fraction of sp³-hybridized carbons (Fsp3) is 0.375. The molecule has 1 aliphatic rings. The van der Waals surface area contributed by atoms with Gasteiger partial charge < -0.3 is 10.1 Å². The van der Waals surface area contributed by atoms with Crippen molar-refractivity contribution in [1.29, 1.82) is 0 Å². The molecule has 1 saturated carbocycles. The van der Waals surface area contributed by atoms with Crippen LogP contribution >= 0.6 is 0 Å². The Balaban J connectivity index is 2.36. The maximum absolute atomic E-state index is 10.8. The maximum Gasteiger partial charge on any atom is 0.314 e. The quantitative estimate of drug-likeness (QED) is 0.665. The largest absolute Gasteiger partial charge is 0.481 e. The van der Waals surface area contributed by atoms with Crippen LogP contribution in [-0.2, 0) is 10.2 Å². The van der Waals surface area contributed by atoms with E-state index in [0.717, 1.165) is 18.4 Å². The van der Waals surface area contributed by atoms with Gasteiger partial charge >= 0.3 is 5.97 Å². The maximum atomic E-state index is 10.8. The summed E-state index contributed by atoms with van der Waals surface area (Å²) in [6.07, 6.45) is 5.08. The molecule has 1 aromatic rings. The highest BCUT2D eigenvalue weighted by atomic mass is 16.4. The van der Waals surface area contributed by atoms with Crippen LogP contribution in [0.15, 0.2) is 18.5 Å². The van der Waals surface area contributed by atoms with Crippen molar-refractivity contribution < 1.29 is 9.90 Å². The van der Waals surface area contributed by atoms with Crippen LogP contribution in [0, 0.1) is 0 Å². The average molecular weight is 151 g/mol. The third kappa shape index (κ3) is 0.770. The second-order valence-corrected chi connectivity index (χ2v) is 2.99. The van der Waals surface area contributed by atoms with Gasteiger partial charge in [-0.2, -0.15) is 0 Å². The molecule has 0 atom stereocenters. The molecule has 58 valence electrons. The van der Waals surface area contributed by atoms with Gasteiger partial charge in [-0.25, -0.2) is 0 Å². The van der Waals surface area contributed by atoms with Gasteiger partial charge in [0.2, 0.25) is 0 Å². The lowest BCUT2D eigenvalue weighted by molar-refractivity contribution is -0.140. The Hall–Kier alpha value is -1.25. The summed E-state index contributed by atoms with van der Waals surface area (Å²) < 4.78 is 0. The van der Waals surface area contributed by atoms with Crippen LogP contribution in [-0.4, -0.2) is 16.1 Å². The van der Waals surface area contributed by atoms with E-state index in [1.165, 1.54) is 0 Å². The number of nitrogens with one attached hydrogen (secondary N) is 1. The number of aromatic nitrogens is 1. The molecular formula is C8H9NO2. The lowest BCUT2D eigenvalue weighted by atomic mass is 10.00. The Labute approximate surface area is 64.1 Å². The van der Waals surface area contributed by atoms with Gasteiger partial charge in [-0.1, -0.05) is 0 Å². The van der Waals surface area contributed by atoms with Crippen molar-refractivity contribution in [2.24, 2.45) is 0 Å². The minimum Gasteiger partial charge on any atom is -0.481 e. The second-order valence-electron chi connectivity index (χ2n) is 2.99. The Bertz CT molecular complexity index is 272. The first-order chi connectivity index (χ1) is 5.26. The average Bonchev–Trinajstić information content (AvgIpc) is 2.61. The number of rotatable bonds is 2. The van der Waals surface area contributed by atoms with Gasteiger partial charge in [0.05, 0.1) is 5.41 Å².